The molecule has 0 aliphatic heterocycles. The van der Waals surface area contributed by atoms with Crippen molar-refractivity contribution in [1.29, 1.82) is 0 Å². The van der Waals surface area contributed by atoms with Crippen molar-refractivity contribution in [3.8, 4) is 0 Å². The van der Waals surface area contributed by atoms with E-state index in [1.807, 2.05) is 32.5 Å². The number of anilines is 1. The fourth-order valence-electron chi connectivity index (χ4n) is 1.54. The van der Waals surface area contributed by atoms with Crippen LogP contribution in [0.2, 0.25) is 0 Å². The largest absolute Gasteiger partial charge is 0.476 e. The number of hydrogen-bond donors (Lipinski definition) is 2. The van der Waals surface area contributed by atoms with Crippen LogP contribution >= 0.6 is 11.8 Å². The number of thioether (sulfide) groups is 1. The molecule has 1 atom stereocenters. The van der Waals surface area contributed by atoms with Gasteiger partial charge >= 0.3 is 5.97 Å². The number of carboxylic acids is 1. The van der Waals surface area contributed by atoms with E-state index in [0.29, 0.717) is 11.5 Å². The molecular formula is C13H21N3O2S. The van der Waals surface area contributed by atoms with Crippen molar-refractivity contribution in [2.75, 3.05) is 16.8 Å². The average Bonchev–Trinajstić information content (AvgIpc) is 2.36. The summed E-state index contributed by atoms with van der Waals surface area (Å²) in [6.07, 6.45) is 1.57. The molecule has 6 heteroatoms. The monoisotopic (exact) mass is 283 g/mol. The second-order valence-corrected chi connectivity index (χ2v) is 5.97. The molecule has 0 aliphatic carbocycles. The first kappa shape index (κ1) is 15.8. The van der Waals surface area contributed by atoms with Crippen molar-refractivity contribution < 1.29 is 9.90 Å². The quantitative estimate of drug-likeness (QED) is 0.801. The van der Waals surface area contributed by atoms with Gasteiger partial charge < -0.3 is 10.4 Å². The van der Waals surface area contributed by atoms with Gasteiger partial charge in [0.25, 0.3) is 0 Å². The van der Waals surface area contributed by atoms with Crippen LogP contribution < -0.4 is 5.32 Å². The summed E-state index contributed by atoms with van der Waals surface area (Å²) < 4.78 is 0. The minimum absolute atomic E-state index is 0.0482. The highest BCUT2D eigenvalue weighted by molar-refractivity contribution is 7.99. The van der Waals surface area contributed by atoms with Crippen LogP contribution in [0.3, 0.4) is 0 Å². The van der Waals surface area contributed by atoms with E-state index in [-0.39, 0.29) is 17.7 Å². The van der Waals surface area contributed by atoms with Crippen molar-refractivity contribution in [3.05, 3.63) is 17.7 Å². The first-order chi connectivity index (χ1) is 8.95. The fraction of sp³-hybridized carbons (Fsp3) is 0.615. The molecule has 0 saturated heterocycles. The molecule has 0 spiro atoms. The van der Waals surface area contributed by atoms with Gasteiger partial charge in [-0.1, -0.05) is 20.8 Å². The molecule has 0 saturated carbocycles. The topological polar surface area (TPSA) is 75.1 Å². The Morgan fingerprint density at radius 1 is 1.47 bits per heavy atom. The van der Waals surface area contributed by atoms with E-state index in [1.165, 1.54) is 0 Å². The van der Waals surface area contributed by atoms with Crippen LogP contribution in [-0.4, -0.2) is 38.6 Å². The number of carbonyl (C=O) groups is 1. The summed E-state index contributed by atoms with van der Waals surface area (Å²) in [4.78, 5) is 19.6. The summed E-state index contributed by atoms with van der Waals surface area (Å²) in [6, 6.07) is 0.177. The zero-order valence-corrected chi connectivity index (χ0v) is 12.6. The Morgan fingerprint density at radius 3 is 2.68 bits per heavy atom. The third kappa shape index (κ3) is 4.70. The molecule has 1 unspecified atom stereocenters. The molecule has 0 aromatic carbocycles. The van der Waals surface area contributed by atoms with E-state index < -0.39 is 5.97 Å². The van der Waals surface area contributed by atoms with Gasteiger partial charge in [-0.05, 0) is 12.7 Å². The van der Waals surface area contributed by atoms with Crippen molar-refractivity contribution >= 4 is 23.4 Å². The first-order valence-electron chi connectivity index (χ1n) is 6.40. The maximum absolute atomic E-state index is 11.3. The Hall–Kier alpha value is -1.30. The Labute approximate surface area is 118 Å². The van der Waals surface area contributed by atoms with Gasteiger partial charge in [0.05, 0.1) is 11.9 Å². The standard InChI is InChI=1S/C13H21N3O2S/c1-5-19-7-9(4)15-10-6-14-12(8(2)3)16-11(10)13(17)18/h6,8-9,15H,5,7H2,1-4H3,(H,17,18). The lowest BCUT2D eigenvalue weighted by atomic mass is 10.2. The van der Waals surface area contributed by atoms with E-state index in [2.05, 4.69) is 22.2 Å². The van der Waals surface area contributed by atoms with Gasteiger partial charge in [-0.25, -0.2) is 14.8 Å². The van der Waals surface area contributed by atoms with E-state index in [9.17, 15) is 9.90 Å². The first-order valence-corrected chi connectivity index (χ1v) is 7.55. The third-order valence-electron chi connectivity index (χ3n) is 2.50. The molecule has 0 radical (unpaired) electrons. The highest BCUT2D eigenvalue weighted by Gasteiger charge is 2.16. The summed E-state index contributed by atoms with van der Waals surface area (Å²) in [5, 5.41) is 12.4. The predicted octanol–water partition coefficient (Wildman–Crippen LogP) is 2.85. The molecule has 5 nitrogen and oxygen atoms in total. The minimum atomic E-state index is -1.03. The van der Waals surface area contributed by atoms with Crippen LogP contribution in [0.25, 0.3) is 0 Å². The molecular weight excluding hydrogens is 262 g/mol. The average molecular weight is 283 g/mol. The summed E-state index contributed by atoms with van der Waals surface area (Å²) in [6.45, 7) is 7.99. The smallest absolute Gasteiger partial charge is 0.356 e. The molecule has 1 heterocycles. The fourth-order valence-corrected chi connectivity index (χ4v) is 2.22. The normalized spacial score (nSPS) is 12.5. The van der Waals surface area contributed by atoms with Crippen molar-refractivity contribution in [2.24, 2.45) is 0 Å². The maximum atomic E-state index is 11.3. The summed E-state index contributed by atoms with van der Waals surface area (Å²) >= 11 is 1.81. The van der Waals surface area contributed by atoms with E-state index >= 15 is 0 Å². The van der Waals surface area contributed by atoms with Crippen LogP contribution in [0.1, 0.15) is 49.9 Å². The summed E-state index contributed by atoms with van der Waals surface area (Å²) in [7, 11) is 0. The van der Waals surface area contributed by atoms with Crippen molar-refractivity contribution in [1.82, 2.24) is 9.97 Å². The molecule has 1 aromatic rings. The maximum Gasteiger partial charge on any atom is 0.356 e. The second kappa shape index (κ2) is 7.33. The van der Waals surface area contributed by atoms with Crippen molar-refractivity contribution in [2.45, 2.75) is 39.7 Å². The van der Waals surface area contributed by atoms with Gasteiger partial charge in [0, 0.05) is 17.7 Å². The zero-order valence-electron chi connectivity index (χ0n) is 11.8. The molecule has 1 rings (SSSR count). The predicted molar refractivity (Wildman–Crippen MR) is 79.2 cm³/mol. The van der Waals surface area contributed by atoms with Crippen molar-refractivity contribution in [3.63, 3.8) is 0 Å². The summed E-state index contributed by atoms with van der Waals surface area (Å²) in [5.74, 6) is 1.60. The molecule has 0 fully saturated rings. The molecule has 0 bridgehead atoms. The van der Waals surface area contributed by atoms with Crippen LogP contribution in [-0.2, 0) is 0 Å². The Balaban J connectivity index is 2.91. The summed E-state index contributed by atoms with van der Waals surface area (Å²) in [5.41, 5.74) is 0.535. The molecule has 19 heavy (non-hydrogen) atoms. The SMILES string of the molecule is CCSCC(C)Nc1cnc(C(C)C)nc1C(=O)O. The lowest BCUT2D eigenvalue weighted by Gasteiger charge is -2.16. The lowest BCUT2D eigenvalue weighted by Crippen LogP contribution is -2.21. The second-order valence-electron chi connectivity index (χ2n) is 4.66. The number of carboxylic acid groups (broad SMARTS) is 1. The van der Waals surface area contributed by atoms with E-state index in [0.717, 1.165) is 11.5 Å². The third-order valence-corrected chi connectivity index (χ3v) is 3.64. The Morgan fingerprint density at radius 2 is 2.16 bits per heavy atom. The minimum Gasteiger partial charge on any atom is -0.476 e. The number of nitrogens with zero attached hydrogens (tertiary/aromatic N) is 2. The van der Waals surface area contributed by atoms with Crippen LogP contribution in [0.15, 0.2) is 6.20 Å². The van der Waals surface area contributed by atoms with Crippen LogP contribution in [0.4, 0.5) is 5.69 Å². The van der Waals surface area contributed by atoms with E-state index in [4.69, 9.17) is 0 Å². The zero-order chi connectivity index (χ0) is 14.4. The number of aromatic carboxylic acids is 1. The van der Waals surface area contributed by atoms with Gasteiger partial charge in [-0.3, -0.25) is 0 Å². The number of aromatic nitrogens is 2. The molecule has 0 aliphatic rings. The van der Waals surface area contributed by atoms with Gasteiger partial charge in [0.2, 0.25) is 0 Å². The molecule has 1 aromatic heterocycles. The van der Waals surface area contributed by atoms with Crippen LogP contribution in [0.5, 0.6) is 0 Å². The van der Waals surface area contributed by atoms with Gasteiger partial charge in [0.15, 0.2) is 5.69 Å². The van der Waals surface area contributed by atoms with Gasteiger partial charge in [0.1, 0.15) is 5.82 Å². The molecule has 2 N–H and O–H groups in total. The number of hydrogen-bond acceptors (Lipinski definition) is 5. The number of rotatable bonds is 7. The Bertz CT molecular complexity index is 438. The number of nitrogens with one attached hydrogen (secondary N) is 1. The van der Waals surface area contributed by atoms with Gasteiger partial charge in [-0.2, -0.15) is 11.8 Å². The highest BCUT2D eigenvalue weighted by atomic mass is 32.2. The molecule has 0 amide bonds. The highest BCUT2D eigenvalue weighted by Crippen LogP contribution is 2.18. The van der Waals surface area contributed by atoms with Gasteiger partial charge in [-0.15, -0.1) is 0 Å². The van der Waals surface area contributed by atoms with Crippen LogP contribution in [0, 0.1) is 0 Å². The van der Waals surface area contributed by atoms with E-state index in [1.54, 1.807) is 6.20 Å². The Kier molecular flexibility index (Phi) is 6.08. The lowest BCUT2D eigenvalue weighted by molar-refractivity contribution is 0.0691. The molecule has 106 valence electrons.